The van der Waals surface area contributed by atoms with Crippen molar-refractivity contribution in [1.29, 1.82) is 0 Å². The predicted molar refractivity (Wildman–Crippen MR) is 182 cm³/mol. The molecule has 276 valence electrons. The van der Waals surface area contributed by atoms with Crippen LogP contribution in [0.1, 0.15) is 102 Å². The molecule has 12 nitrogen and oxygen atoms in total. The Bertz CT molecular complexity index is 1000. The van der Waals surface area contributed by atoms with Crippen LogP contribution in [0.2, 0.25) is 0 Å². The molecule has 12 heteroatoms. The molecule has 1 aliphatic rings. The van der Waals surface area contributed by atoms with Gasteiger partial charge in [0.05, 0.1) is 0 Å². The summed E-state index contributed by atoms with van der Waals surface area (Å²) in [7, 11) is 4.39. The third kappa shape index (κ3) is 9.94. The van der Waals surface area contributed by atoms with E-state index in [2.05, 4.69) is 0 Å². The van der Waals surface area contributed by atoms with Crippen molar-refractivity contribution < 1.29 is 43.0 Å². The largest absolute Gasteiger partial charge is 0.450 e. The lowest BCUT2D eigenvalue weighted by molar-refractivity contribution is -0.182. The fourth-order valence-electron chi connectivity index (χ4n) is 6.00. The Labute approximate surface area is 288 Å². The fraction of sp³-hybridized carbons (Fsp3) is 0.833. The van der Waals surface area contributed by atoms with Gasteiger partial charge in [0.2, 0.25) is 0 Å². The van der Waals surface area contributed by atoms with Gasteiger partial charge in [-0.1, -0.05) is 102 Å². The van der Waals surface area contributed by atoms with Crippen LogP contribution in [0.15, 0.2) is 0 Å². The second-order valence-electron chi connectivity index (χ2n) is 14.6. The van der Waals surface area contributed by atoms with Crippen LogP contribution < -0.4 is 0 Å². The summed E-state index contributed by atoms with van der Waals surface area (Å²) < 4.78 is 17.8. The number of ether oxygens (including phenoxy) is 3. The third-order valence-electron chi connectivity index (χ3n) is 9.84. The summed E-state index contributed by atoms with van der Waals surface area (Å²) in [6.45, 7) is 21.4. The summed E-state index contributed by atoms with van der Waals surface area (Å²) >= 11 is 0. The van der Waals surface area contributed by atoms with Crippen molar-refractivity contribution in [2.75, 3.05) is 21.1 Å². The maximum absolute atomic E-state index is 14.1. The molecular weight excluding hydrogens is 618 g/mol. The Morgan fingerprint density at radius 2 is 0.625 bits per heavy atom. The molecule has 1 fully saturated rings. The first-order chi connectivity index (χ1) is 22.2. The monoisotopic (exact) mass is 681 g/mol. The normalized spacial score (nSPS) is 28.2. The third-order valence-corrected chi connectivity index (χ3v) is 9.84. The van der Waals surface area contributed by atoms with E-state index in [4.69, 9.17) is 14.2 Å². The van der Waals surface area contributed by atoms with Gasteiger partial charge in [0.15, 0.2) is 18.3 Å². The number of rotatable bonds is 9. The number of carbonyl (C=O) groups excluding carboxylic acids is 6. The van der Waals surface area contributed by atoms with E-state index < -0.39 is 89.8 Å². The van der Waals surface area contributed by atoms with Crippen molar-refractivity contribution in [3.8, 4) is 0 Å². The minimum Gasteiger partial charge on any atom is -0.450 e. The van der Waals surface area contributed by atoms with Gasteiger partial charge in [0.25, 0.3) is 17.7 Å². The molecule has 0 radical (unpaired) electrons. The van der Waals surface area contributed by atoms with Crippen molar-refractivity contribution in [2.24, 2.45) is 35.5 Å². The number of esters is 3. The Kier molecular flexibility index (Phi) is 16.6. The Morgan fingerprint density at radius 3 is 0.771 bits per heavy atom. The highest BCUT2D eigenvalue weighted by Crippen LogP contribution is 2.27. The molecule has 0 N–H and O–H groups in total. The van der Waals surface area contributed by atoms with Crippen molar-refractivity contribution in [1.82, 2.24) is 14.7 Å². The fourth-order valence-corrected chi connectivity index (χ4v) is 6.00. The Hall–Kier alpha value is -3.18. The Balaban J connectivity index is 4.04. The van der Waals surface area contributed by atoms with Gasteiger partial charge in [0, 0.05) is 21.1 Å². The van der Waals surface area contributed by atoms with E-state index in [0.29, 0.717) is 19.3 Å². The average molecular weight is 682 g/mol. The van der Waals surface area contributed by atoms with Crippen LogP contribution >= 0.6 is 0 Å². The summed E-state index contributed by atoms with van der Waals surface area (Å²) in [4.78, 5) is 87.8. The van der Waals surface area contributed by atoms with Crippen LogP contribution in [0, 0.1) is 35.5 Å². The van der Waals surface area contributed by atoms with Gasteiger partial charge in [-0.3, -0.25) is 14.4 Å². The zero-order valence-electron chi connectivity index (χ0n) is 32.1. The lowest BCUT2D eigenvalue weighted by atomic mass is 9.94. The summed E-state index contributed by atoms with van der Waals surface area (Å²) in [6, 6.07) is -3.30. The first-order valence-electron chi connectivity index (χ1n) is 17.6. The second kappa shape index (κ2) is 18.5. The van der Waals surface area contributed by atoms with Gasteiger partial charge in [-0.15, -0.1) is 0 Å². The lowest BCUT2D eigenvalue weighted by Crippen LogP contribution is -2.58. The number of hydrogen-bond donors (Lipinski definition) is 0. The van der Waals surface area contributed by atoms with Crippen LogP contribution in [0.4, 0.5) is 0 Å². The van der Waals surface area contributed by atoms with Crippen LogP contribution in [0.5, 0.6) is 0 Å². The molecule has 0 bridgehead atoms. The van der Waals surface area contributed by atoms with Crippen molar-refractivity contribution in [3.05, 3.63) is 0 Å². The molecule has 1 heterocycles. The highest BCUT2D eigenvalue weighted by molar-refractivity contribution is 5.94. The maximum Gasteiger partial charge on any atom is 0.329 e. The highest BCUT2D eigenvalue weighted by Gasteiger charge is 2.46. The molecular formula is C36H63N3O9. The summed E-state index contributed by atoms with van der Waals surface area (Å²) in [5.74, 6) is -6.73. The standard InChI is InChI=1S/C36H63N3O9/c1-16-22(10)25-34(43)46-29(20(6)7)32(41)38(14)27(24(12)18-3)36(45)48-30(21(8)9)33(42)39(15)26(23(11)17-2)35(44)47-28(19(4)5)31(40)37(25)13/h19-30H,16-18H2,1-15H3/t22-,23-,24+,25-,26-,27-,28+,29+,30+/m0/s1. The number of likely N-dealkylation sites (N-methyl/N-ethyl adjacent to an activating group) is 3. The first kappa shape index (κ1) is 42.8. The lowest BCUT2D eigenvalue weighted by Gasteiger charge is -2.39. The molecule has 9 atom stereocenters. The van der Waals surface area contributed by atoms with E-state index in [9.17, 15) is 28.8 Å². The molecule has 1 aliphatic heterocycles. The zero-order chi connectivity index (χ0) is 37.4. The summed E-state index contributed by atoms with van der Waals surface area (Å²) in [6.07, 6.45) is -2.32. The highest BCUT2D eigenvalue weighted by atomic mass is 16.6. The van der Waals surface area contributed by atoms with Crippen molar-refractivity contribution in [2.45, 2.75) is 139 Å². The number of amides is 3. The minimum atomic E-state index is -1.28. The summed E-state index contributed by atoms with van der Waals surface area (Å²) in [5.41, 5.74) is 0. The zero-order valence-corrected chi connectivity index (χ0v) is 32.1. The topological polar surface area (TPSA) is 140 Å². The van der Waals surface area contributed by atoms with E-state index in [0.717, 1.165) is 0 Å². The molecule has 0 aromatic rings. The number of nitrogens with zero attached hydrogens (tertiary/aromatic N) is 3. The van der Waals surface area contributed by atoms with E-state index in [1.54, 1.807) is 62.3 Å². The van der Waals surface area contributed by atoms with Crippen LogP contribution in [-0.2, 0) is 43.0 Å². The molecule has 0 unspecified atom stereocenters. The summed E-state index contributed by atoms with van der Waals surface area (Å²) in [5, 5.41) is 0. The average Bonchev–Trinajstić information content (AvgIpc) is 3.02. The van der Waals surface area contributed by atoms with Crippen molar-refractivity contribution in [3.63, 3.8) is 0 Å². The molecule has 0 aromatic carbocycles. The van der Waals surface area contributed by atoms with E-state index in [-0.39, 0.29) is 17.8 Å². The number of cyclic esters (lactones) is 3. The van der Waals surface area contributed by atoms with Crippen molar-refractivity contribution >= 4 is 35.6 Å². The number of hydrogen-bond acceptors (Lipinski definition) is 9. The van der Waals surface area contributed by atoms with Gasteiger partial charge < -0.3 is 28.9 Å². The smallest absolute Gasteiger partial charge is 0.329 e. The molecule has 0 aromatic heterocycles. The molecule has 48 heavy (non-hydrogen) atoms. The van der Waals surface area contributed by atoms with Gasteiger partial charge in [-0.25, -0.2) is 14.4 Å². The minimum absolute atomic E-state index is 0.381. The molecule has 0 saturated carbocycles. The van der Waals surface area contributed by atoms with Gasteiger partial charge in [-0.05, 0) is 35.5 Å². The molecule has 0 spiro atoms. The quantitative estimate of drug-likeness (QED) is 0.257. The van der Waals surface area contributed by atoms with E-state index in [1.165, 1.54) is 35.8 Å². The van der Waals surface area contributed by atoms with Gasteiger partial charge >= 0.3 is 17.9 Å². The Morgan fingerprint density at radius 1 is 0.438 bits per heavy atom. The SMILES string of the molecule is CC[C@@H](C)[C@H]1C(=O)O[C@H](C(C)C)C(=O)N(C)[C@@H]([C@@H](C)CC)C(=O)O[C@H](C(C)C)C(=O)N(C)[C@@H]([C@@H](C)CC)C(=O)O[C@H](C(C)C)C(=O)N1C. The van der Waals surface area contributed by atoms with Crippen LogP contribution in [0.25, 0.3) is 0 Å². The molecule has 1 saturated heterocycles. The van der Waals surface area contributed by atoms with Gasteiger partial charge in [-0.2, -0.15) is 0 Å². The molecule has 1 rings (SSSR count). The molecule has 3 amide bonds. The van der Waals surface area contributed by atoms with Crippen LogP contribution in [0.3, 0.4) is 0 Å². The van der Waals surface area contributed by atoms with E-state index in [1.807, 2.05) is 20.8 Å². The predicted octanol–water partition coefficient (Wildman–Crippen LogP) is 4.32. The maximum atomic E-state index is 14.1. The first-order valence-corrected chi connectivity index (χ1v) is 17.6. The van der Waals surface area contributed by atoms with Crippen LogP contribution in [-0.4, -0.2) is 108 Å². The number of carbonyl (C=O) groups is 6. The van der Waals surface area contributed by atoms with Gasteiger partial charge in [0.1, 0.15) is 18.1 Å². The second-order valence-corrected chi connectivity index (χ2v) is 14.6. The van der Waals surface area contributed by atoms with E-state index >= 15 is 0 Å². The molecule has 0 aliphatic carbocycles.